The van der Waals surface area contributed by atoms with Crippen LogP contribution in [0.15, 0.2) is 59.7 Å². The van der Waals surface area contributed by atoms with E-state index in [4.69, 9.17) is 0 Å². The first-order valence-corrected chi connectivity index (χ1v) is 25.3. The summed E-state index contributed by atoms with van der Waals surface area (Å²) in [4.78, 5) is 2.79. The van der Waals surface area contributed by atoms with Crippen molar-refractivity contribution in [2.24, 2.45) is 0 Å². The van der Waals surface area contributed by atoms with Crippen LogP contribution in [0, 0.1) is 23.7 Å². The number of unbranched alkanes of at least 4 members (excludes halogenated alkanes) is 17. The third-order valence-corrected chi connectivity index (χ3v) is 12.1. The molecule has 0 N–H and O–H groups in total. The summed E-state index contributed by atoms with van der Waals surface area (Å²) in [5.41, 5.74) is 20.9. The molecule has 0 atom stereocenters. The Morgan fingerprint density at radius 3 is 1.71 bits per heavy atom. The molecule has 3 rings (SSSR count). The number of benzene rings is 2. The topological polar surface area (TPSA) is 25.3 Å². The Kier molecular flexibility index (Phi) is 29.4. The zero-order valence-corrected chi connectivity index (χ0v) is 38.5. The molecule has 2 aromatic rings. The third-order valence-electron chi connectivity index (χ3n) is 10.5. The van der Waals surface area contributed by atoms with Crippen LogP contribution in [0.5, 0.6) is 0 Å². The molecule has 2 nitrogen and oxygen atoms in total. The van der Waals surface area contributed by atoms with Crippen molar-refractivity contribution in [2.75, 3.05) is 0 Å². The van der Waals surface area contributed by atoms with Crippen LogP contribution < -0.4 is 0 Å². The number of nitrogens with zero attached hydrogens (tertiary/aromatic N) is 2. The maximum atomic E-state index is 12.2. The summed E-state index contributed by atoms with van der Waals surface area (Å²) >= 11 is 1.04. The van der Waals surface area contributed by atoms with Crippen LogP contribution in [-0.4, -0.2) is 4.70 Å². The van der Waals surface area contributed by atoms with E-state index in [1.54, 1.807) is 0 Å². The Labute approximate surface area is 355 Å². The summed E-state index contributed by atoms with van der Waals surface area (Å²) in [6, 6.07) is 17.4. The second kappa shape index (κ2) is 33.3. The standard InChI is InChI=1S/C49H70N2.2C2H5.Pd/c1-5-9-13-15-16-17-18-19-20-21-22-23-24-25-27-29-40-46-47(38-12-8-4)49(45-39-31-30-36-43(45)35-28-26-14-10-6-2)51(50)48(46)44-37-32-34-42(41-44)33-11-7-3;2*1-2;/h30-32,34,36-37,39,41H,5-13,15-25,27-28,33,35,38H2,1-4H3;2*1H2,2H3;. The first kappa shape index (κ1) is 49.4. The van der Waals surface area contributed by atoms with E-state index in [-0.39, 0.29) is 0 Å². The van der Waals surface area contributed by atoms with E-state index in [2.05, 4.69) is 114 Å². The van der Waals surface area contributed by atoms with Gasteiger partial charge in [0.25, 0.3) is 0 Å². The van der Waals surface area contributed by atoms with E-state index in [9.17, 15) is 5.53 Å². The normalized spacial score (nSPS) is 12.4. The number of allylic oxidation sites excluding steroid dienone is 2. The summed E-state index contributed by atoms with van der Waals surface area (Å²) in [5.74, 6) is 13.9. The van der Waals surface area contributed by atoms with E-state index < -0.39 is 0 Å². The van der Waals surface area contributed by atoms with Crippen molar-refractivity contribution in [1.82, 2.24) is 0 Å². The van der Waals surface area contributed by atoms with Crippen molar-refractivity contribution in [3.8, 4) is 23.7 Å². The Hall–Kier alpha value is -2.70. The van der Waals surface area contributed by atoms with Crippen LogP contribution in [0.1, 0.15) is 211 Å². The van der Waals surface area contributed by atoms with Gasteiger partial charge in [-0.25, -0.2) is 4.70 Å². The Morgan fingerprint density at radius 1 is 0.518 bits per heavy atom. The minimum atomic E-state index is 0.825. The SMILES string of the molecule is CCCC#CCCc1ccccc1C1=C(CCCC)C(C#CCCCCCCCCCCCCCCCC)=C(c2cccc(CCCC)c2)[N+]1=[N-].C[CH2][Pd][CH2]C. The molecule has 0 unspecified atom stereocenters. The molecule has 0 aliphatic carbocycles. The van der Waals surface area contributed by atoms with Crippen LogP contribution in [-0.2, 0) is 30.8 Å². The fourth-order valence-electron chi connectivity index (χ4n) is 7.32. The molecule has 2 aromatic carbocycles. The summed E-state index contributed by atoms with van der Waals surface area (Å²) in [6.07, 6.45) is 30.2. The fourth-order valence-corrected chi connectivity index (χ4v) is 8.10. The molecule has 1 aliphatic rings. The molecule has 0 spiro atoms. The summed E-state index contributed by atoms with van der Waals surface area (Å²) in [7, 11) is 0. The van der Waals surface area contributed by atoms with Gasteiger partial charge in [-0.05, 0) is 74.3 Å². The minimum absolute atomic E-state index is 0.825. The Morgan fingerprint density at radius 2 is 1.11 bits per heavy atom. The van der Waals surface area contributed by atoms with Gasteiger partial charge in [-0.15, -0.1) is 11.8 Å². The fraction of sp³-hybridized carbons (Fsp3) is 0.623. The quantitative estimate of drug-likeness (QED) is 0.0370. The predicted molar refractivity (Wildman–Crippen MR) is 243 cm³/mol. The van der Waals surface area contributed by atoms with Gasteiger partial charge in [0, 0.05) is 36.0 Å². The van der Waals surface area contributed by atoms with Crippen molar-refractivity contribution in [1.29, 1.82) is 0 Å². The average Bonchev–Trinajstić information content (AvgIpc) is 3.49. The predicted octanol–water partition coefficient (Wildman–Crippen LogP) is 16.9. The van der Waals surface area contributed by atoms with Crippen molar-refractivity contribution in [2.45, 2.75) is 212 Å². The van der Waals surface area contributed by atoms with Gasteiger partial charge in [-0.1, -0.05) is 166 Å². The number of hydrogen-bond acceptors (Lipinski definition) is 0. The number of hydrogen-bond donors (Lipinski definition) is 0. The second-order valence-corrected chi connectivity index (χ2v) is 18.3. The van der Waals surface area contributed by atoms with Gasteiger partial charge in [0.05, 0.1) is 0 Å². The molecule has 1 heterocycles. The number of rotatable bonds is 27. The van der Waals surface area contributed by atoms with E-state index in [1.807, 2.05) is 0 Å². The maximum absolute atomic E-state index is 12.2. The van der Waals surface area contributed by atoms with Crippen molar-refractivity contribution in [3.63, 3.8) is 0 Å². The van der Waals surface area contributed by atoms with E-state index >= 15 is 0 Å². The van der Waals surface area contributed by atoms with Crippen LogP contribution >= 0.6 is 0 Å². The van der Waals surface area contributed by atoms with Crippen LogP contribution in [0.25, 0.3) is 16.9 Å². The van der Waals surface area contributed by atoms with Gasteiger partial charge >= 0.3 is 41.6 Å². The summed E-state index contributed by atoms with van der Waals surface area (Å²) < 4.78 is 1.49. The molecule has 0 radical (unpaired) electrons. The molecule has 0 bridgehead atoms. The second-order valence-electron chi connectivity index (χ2n) is 15.3. The molecule has 312 valence electrons. The zero-order chi connectivity index (χ0) is 40.5. The first-order valence-electron chi connectivity index (χ1n) is 23.1. The molecule has 0 amide bonds. The van der Waals surface area contributed by atoms with Crippen molar-refractivity contribution in [3.05, 3.63) is 87.5 Å². The van der Waals surface area contributed by atoms with Gasteiger partial charge in [-0.2, -0.15) is 0 Å². The van der Waals surface area contributed by atoms with Gasteiger partial charge in [0.15, 0.2) is 0 Å². The summed E-state index contributed by atoms with van der Waals surface area (Å²) in [6.45, 7) is 13.4. The van der Waals surface area contributed by atoms with E-state index in [1.165, 1.54) is 121 Å². The van der Waals surface area contributed by atoms with Gasteiger partial charge in [-0.3, -0.25) is 0 Å². The average molecular weight is 852 g/mol. The Bertz CT molecular complexity index is 1550. The van der Waals surface area contributed by atoms with E-state index in [0.717, 1.165) is 117 Å². The molecule has 0 saturated carbocycles. The number of aryl methyl sites for hydroxylation is 2. The van der Waals surface area contributed by atoms with Crippen LogP contribution in [0.4, 0.5) is 0 Å². The molecular formula is C53H80N2Pd. The molecule has 1 aliphatic heterocycles. The van der Waals surface area contributed by atoms with Crippen molar-refractivity contribution < 1.29 is 22.7 Å². The summed E-state index contributed by atoms with van der Waals surface area (Å²) in [5, 5.41) is 0. The first-order chi connectivity index (χ1) is 27.6. The molecule has 0 fully saturated rings. The molecule has 56 heavy (non-hydrogen) atoms. The van der Waals surface area contributed by atoms with Gasteiger partial charge < -0.3 is 5.53 Å². The van der Waals surface area contributed by atoms with Gasteiger partial charge in [0.1, 0.15) is 5.57 Å². The van der Waals surface area contributed by atoms with Gasteiger partial charge in [0.2, 0.25) is 11.4 Å². The van der Waals surface area contributed by atoms with Crippen LogP contribution in [0.2, 0.25) is 9.79 Å². The molecular weight excluding hydrogens is 771 g/mol. The molecule has 0 saturated heterocycles. The monoisotopic (exact) mass is 851 g/mol. The Balaban J connectivity index is 0.00000203. The third kappa shape index (κ3) is 19.6. The van der Waals surface area contributed by atoms with Crippen LogP contribution in [0.3, 0.4) is 0 Å². The van der Waals surface area contributed by atoms with E-state index in [0.29, 0.717) is 0 Å². The molecule has 0 aromatic heterocycles. The zero-order valence-electron chi connectivity index (χ0n) is 36.9. The van der Waals surface area contributed by atoms with Crippen molar-refractivity contribution >= 4 is 11.4 Å². The molecule has 3 heteroatoms.